The maximum Gasteiger partial charge on any atom is 0.223 e. The number of nitrogens with zero attached hydrogens (tertiary/aromatic N) is 3. The third kappa shape index (κ3) is 4.05. The number of aromatic nitrogens is 1. The van der Waals surface area contributed by atoms with E-state index in [9.17, 15) is 13.2 Å². The van der Waals surface area contributed by atoms with Crippen LogP contribution in [0.3, 0.4) is 0 Å². The molecule has 7 nitrogen and oxygen atoms in total. The van der Waals surface area contributed by atoms with Crippen molar-refractivity contribution in [2.45, 2.75) is 25.3 Å². The fourth-order valence-corrected chi connectivity index (χ4v) is 4.27. The van der Waals surface area contributed by atoms with Gasteiger partial charge in [-0.25, -0.2) is 17.7 Å². The fraction of sp³-hybridized carbons (Fsp3) is 0.625. The predicted molar refractivity (Wildman–Crippen MR) is 92.1 cm³/mol. The Morgan fingerprint density at radius 1 is 1.21 bits per heavy atom. The minimum absolute atomic E-state index is 0.0519. The Bertz CT molecular complexity index is 672. The zero-order chi connectivity index (χ0) is 17.2. The summed E-state index contributed by atoms with van der Waals surface area (Å²) >= 11 is 0. The topological polar surface area (TPSA) is 82.6 Å². The van der Waals surface area contributed by atoms with E-state index < -0.39 is 10.0 Å². The van der Waals surface area contributed by atoms with Crippen LogP contribution < -0.4 is 10.2 Å². The monoisotopic (exact) mass is 352 g/mol. The fourth-order valence-electron chi connectivity index (χ4n) is 3.40. The van der Waals surface area contributed by atoms with E-state index in [1.54, 1.807) is 6.20 Å². The molecule has 0 bridgehead atoms. The van der Waals surface area contributed by atoms with Crippen molar-refractivity contribution in [1.29, 1.82) is 0 Å². The summed E-state index contributed by atoms with van der Waals surface area (Å²) in [5.41, 5.74) is 0. The quantitative estimate of drug-likeness (QED) is 0.851. The highest BCUT2D eigenvalue weighted by molar-refractivity contribution is 7.88. The molecule has 0 aliphatic carbocycles. The molecule has 1 N–H and O–H groups in total. The minimum atomic E-state index is -3.15. The van der Waals surface area contributed by atoms with Crippen LogP contribution in [0.25, 0.3) is 0 Å². The number of hydrogen-bond donors (Lipinski definition) is 1. The average molecular weight is 352 g/mol. The van der Waals surface area contributed by atoms with Gasteiger partial charge in [-0.1, -0.05) is 6.07 Å². The van der Waals surface area contributed by atoms with Crippen LogP contribution in [-0.2, 0) is 14.8 Å². The Morgan fingerprint density at radius 2 is 1.96 bits per heavy atom. The van der Waals surface area contributed by atoms with E-state index in [1.807, 2.05) is 18.2 Å². The van der Waals surface area contributed by atoms with Gasteiger partial charge < -0.3 is 10.2 Å². The first-order valence-corrected chi connectivity index (χ1v) is 10.2. The predicted octanol–water partition coefficient (Wildman–Crippen LogP) is 0.448. The second-order valence-corrected chi connectivity index (χ2v) is 8.55. The molecule has 2 saturated heterocycles. The van der Waals surface area contributed by atoms with E-state index in [2.05, 4.69) is 15.2 Å². The molecule has 0 radical (unpaired) electrons. The van der Waals surface area contributed by atoms with Gasteiger partial charge >= 0.3 is 0 Å². The molecular weight excluding hydrogens is 328 g/mol. The summed E-state index contributed by atoms with van der Waals surface area (Å²) in [7, 11) is -3.15. The standard InChI is InChI=1S/C16H24N4O3S/c1-24(22,23)20-10-5-13(6-11-20)16(21)18-14-7-9-19(12-14)15-4-2-3-8-17-15/h2-4,8,13-14H,5-7,9-12H2,1H3,(H,18,21). The van der Waals surface area contributed by atoms with Crippen LogP contribution in [0, 0.1) is 5.92 Å². The summed E-state index contributed by atoms with van der Waals surface area (Å²) in [4.78, 5) is 19.0. The number of nitrogens with one attached hydrogen (secondary N) is 1. The molecule has 2 aliphatic heterocycles. The number of hydrogen-bond acceptors (Lipinski definition) is 5. The number of rotatable bonds is 4. The molecule has 3 heterocycles. The number of carbonyl (C=O) groups excluding carboxylic acids is 1. The van der Waals surface area contributed by atoms with Crippen LogP contribution >= 0.6 is 0 Å². The maximum atomic E-state index is 12.4. The third-order valence-electron chi connectivity index (χ3n) is 4.80. The van der Waals surface area contributed by atoms with Crippen molar-refractivity contribution in [3.05, 3.63) is 24.4 Å². The zero-order valence-corrected chi connectivity index (χ0v) is 14.7. The molecule has 8 heteroatoms. The summed E-state index contributed by atoms with van der Waals surface area (Å²) in [6.45, 7) is 2.52. The van der Waals surface area contributed by atoms with Crippen molar-refractivity contribution in [1.82, 2.24) is 14.6 Å². The molecule has 24 heavy (non-hydrogen) atoms. The molecular formula is C16H24N4O3S. The highest BCUT2D eigenvalue weighted by Crippen LogP contribution is 2.21. The van der Waals surface area contributed by atoms with Crippen LogP contribution in [0.4, 0.5) is 5.82 Å². The van der Waals surface area contributed by atoms with E-state index in [1.165, 1.54) is 10.6 Å². The molecule has 132 valence electrons. The first-order valence-electron chi connectivity index (χ1n) is 8.35. The van der Waals surface area contributed by atoms with Crippen LogP contribution in [0.5, 0.6) is 0 Å². The van der Waals surface area contributed by atoms with Crippen LogP contribution in [0.2, 0.25) is 0 Å². The second kappa shape index (κ2) is 7.06. The smallest absolute Gasteiger partial charge is 0.223 e. The maximum absolute atomic E-state index is 12.4. The van der Waals surface area contributed by atoms with Crippen molar-refractivity contribution in [3.8, 4) is 0 Å². The van der Waals surface area contributed by atoms with Gasteiger partial charge in [-0.05, 0) is 31.4 Å². The van der Waals surface area contributed by atoms with Gasteiger partial charge in [-0.3, -0.25) is 4.79 Å². The Morgan fingerprint density at radius 3 is 2.58 bits per heavy atom. The largest absolute Gasteiger partial charge is 0.354 e. The molecule has 1 atom stereocenters. The number of sulfonamides is 1. The van der Waals surface area contributed by atoms with Crippen molar-refractivity contribution >= 4 is 21.7 Å². The van der Waals surface area contributed by atoms with Gasteiger partial charge in [-0.15, -0.1) is 0 Å². The molecule has 2 fully saturated rings. The van der Waals surface area contributed by atoms with Gasteiger partial charge in [-0.2, -0.15) is 0 Å². The zero-order valence-electron chi connectivity index (χ0n) is 13.9. The van der Waals surface area contributed by atoms with E-state index in [-0.39, 0.29) is 17.9 Å². The summed E-state index contributed by atoms with van der Waals surface area (Å²) in [5, 5.41) is 3.13. The Balaban J connectivity index is 1.48. The lowest BCUT2D eigenvalue weighted by Crippen LogP contribution is -2.45. The number of carbonyl (C=O) groups is 1. The van der Waals surface area contributed by atoms with Crippen LogP contribution in [0.15, 0.2) is 24.4 Å². The van der Waals surface area contributed by atoms with E-state index in [0.29, 0.717) is 25.9 Å². The highest BCUT2D eigenvalue weighted by Gasteiger charge is 2.31. The van der Waals surface area contributed by atoms with Gasteiger partial charge in [0, 0.05) is 44.3 Å². The SMILES string of the molecule is CS(=O)(=O)N1CCC(C(=O)NC2CCN(c3ccccn3)C2)CC1. The van der Waals surface area contributed by atoms with Crippen molar-refractivity contribution in [2.75, 3.05) is 37.3 Å². The lowest BCUT2D eigenvalue weighted by Gasteiger charge is -2.30. The summed E-state index contributed by atoms with van der Waals surface area (Å²) in [5.74, 6) is 0.902. The minimum Gasteiger partial charge on any atom is -0.354 e. The first-order chi connectivity index (χ1) is 11.4. The molecule has 3 rings (SSSR count). The van der Waals surface area contributed by atoms with Crippen molar-refractivity contribution in [3.63, 3.8) is 0 Å². The number of pyridine rings is 1. The molecule has 2 aliphatic rings. The van der Waals surface area contributed by atoms with E-state index in [4.69, 9.17) is 0 Å². The average Bonchev–Trinajstić information content (AvgIpc) is 3.03. The van der Waals surface area contributed by atoms with Crippen LogP contribution in [0.1, 0.15) is 19.3 Å². The molecule has 1 aromatic rings. The van der Waals surface area contributed by atoms with Gasteiger partial charge in [0.05, 0.1) is 6.26 Å². The van der Waals surface area contributed by atoms with Crippen molar-refractivity contribution < 1.29 is 13.2 Å². The Hall–Kier alpha value is -1.67. The molecule has 0 saturated carbocycles. The van der Waals surface area contributed by atoms with E-state index in [0.717, 1.165) is 25.3 Å². The number of anilines is 1. The Kier molecular flexibility index (Phi) is 5.05. The summed E-state index contributed by atoms with van der Waals surface area (Å²) in [6.07, 6.45) is 5.09. The summed E-state index contributed by atoms with van der Waals surface area (Å²) in [6, 6.07) is 5.96. The van der Waals surface area contributed by atoms with Gasteiger partial charge in [0.15, 0.2) is 0 Å². The van der Waals surface area contributed by atoms with Gasteiger partial charge in [0.2, 0.25) is 15.9 Å². The lowest BCUT2D eigenvalue weighted by atomic mass is 9.97. The van der Waals surface area contributed by atoms with Crippen LogP contribution in [-0.4, -0.2) is 62.1 Å². The summed E-state index contributed by atoms with van der Waals surface area (Å²) < 4.78 is 24.5. The number of piperidine rings is 1. The number of amides is 1. The molecule has 1 unspecified atom stereocenters. The first kappa shape index (κ1) is 17.2. The second-order valence-electron chi connectivity index (χ2n) is 6.56. The Labute approximate surface area is 143 Å². The lowest BCUT2D eigenvalue weighted by molar-refractivity contribution is -0.126. The molecule has 1 amide bonds. The normalized spacial score (nSPS) is 23.4. The molecule has 1 aromatic heterocycles. The van der Waals surface area contributed by atoms with Crippen molar-refractivity contribution in [2.24, 2.45) is 5.92 Å². The highest BCUT2D eigenvalue weighted by atomic mass is 32.2. The molecule has 0 aromatic carbocycles. The molecule has 0 spiro atoms. The van der Waals surface area contributed by atoms with Gasteiger partial charge in [0.25, 0.3) is 0 Å². The third-order valence-corrected chi connectivity index (χ3v) is 6.10. The van der Waals surface area contributed by atoms with Gasteiger partial charge in [0.1, 0.15) is 5.82 Å². The van der Waals surface area contributed by atoms with E-state index >= 15 is 0 Å².